The van der Waals surface area contributed by atoms with Crippen molar-refractivity contribution < 1.29 is 14.7 Å². The summed E-state index contributed by atoms with van der Waals surface area (Å²) in [5.41, 5.74) is 2.76. The van der Waals surface area contributed by atoms with Crippen molar-refractivity contribution in [2.45, 2.75) is 76.5 Å². The first-order valence-electron chi connectivity index (χ1n) is 14.9. The Bertz CT molecular complexity index is 1230. The number of carboxylic acid groups (broad SMARTS) is 1. The molecule has 0 bridgehead atoms. The van der Waals surface area contributed by atoms with Crippen LogP contribution in [-0.2, 0) is 17.8 Å². The van der Waals surface area contributed by atoms with E-state index in [1.165, 1.54) is 17.3 Å². The van der Waals surface area contributed by atoms with Crippen LogP contribution < -0.4 is 0 Å². The van der Waals surface area contributed by atoms with E-state index < -0.39 is 10.7 Å². The fourth-order valence-corrected chi connectivity index (χ4v) is 5.68. The summed E-state index contributed by atoms with van der Waals surface area (Å²) < 4.78 is 1.19. The van der Waals surface area contributed by atoms with Gasteiger partial charge in [0.1, 0.15) is 16.3 Å². The predicted molar refractivity (Wildman–Crippen MR) is 169 cm³/mol. The summed E-state index contributed by atoms with van der Waals surface area (Å²) in [7, 11) is 0. The van der Waals surface area contributed by atoms with Gasteiger partial charge in [-0.3, -0.25) is 14.5 Å². The normalized spacial score (nSPS) is 13.9. The maximum absolute atomic E-state index is 13.5. The monoisotopic (exact) mass is 578 g/mol. The number of amides is 1. The zero-order chi connectivity index (χ0) is 29.8. The van der Waals surface area contributed by atoms with Gasteiger partial charge in [0.05, 0.1) is 0 Å². The molecule has 3 aromatic rings. The average Bonchev–Trinajstić information content (AvgIpc) is 3.42. The smallest absolute Gasteiger partial charge is 0.319 e. The third kappa shape index (κ3) is 9.20. The molecule has 7 nitrogen and oxygen atoms in total. The molecule has 1 aliphatic heterocycles. The SMILES string of the molecule is CC.CCCCCn1cc(C(=O)N2CCN(CCc3ccccc3)CC2)nc1-c1ccc(SC(C)(C)C(=O)O)cc1. The molecule has 1 aliphatic rings. The highest BCUT2D eigenvalue weighted by molar-refractivity contribution is 8.01. The first-order valence-corrected chi connectivity index (χ1v) is 15.7. The Morgan fingerprint density at radius 3 is 2.20 bits per heavy atom. The van der Waals surface area contributed by atoms with E-state index in [-0.39, 0.29) is 5.91 Å². The molecule has 8 heteroatoms. The Balaban J connectivity index is 0.00000226. The number of rotatable bonds is 12. The highest BCUT2D eigenvalue weighted by Gasteiger charge is 2.29. The Kier molecular flexibility index (Phi) is 12.5. The van der Waals surface area contributed by atoms with Crippen molar-refractivity contribution in [2.24, 2.45) is 0 Å². The number of carbonyl (C=O) groups excluding carboxylic acids is 1. The highest BCUT2D eigenvalue weighted by Crippen LogP contribution is 2.34. The number of aromatic nitrogens is 2. The van der Waals surface area contributed by atoms with Crippen LogP contribution in [0.4, 0.5) is 0 Å². The number of aliphatic carboxylic acids is 1. The lowest BCUT2D eigenvalue weighted by Crippen LogP contribution is -2.49. The number of nitrogens with zero attached hydrogens (tertiary/aromatic N) is 4. The second kappa shape index (κ2) is 15.8. The van der Waals surface area contributed by atoms with Gasteiger partial charge < -0.3 is 14.6 Å². The molecule has 4 rings (SSSR count). The van der Waals surface area contributed by atoms with E-state index >= 15 is 0 Å². The van der Waals surface area contributed by atoms with Gasteiger partial charge in [0, 0.05) is 55.9 Å². The lowest BCUT2D eigenvalue weighted by molar-refractivity contribution is -0.138. The summed E-state index contributed by atoms with van der Waals surface area (Å²) in [6.07, 6.45) is 6.19. The highest BCUT2D eigenvalue weighted by atomic mass is 32.2. The number of hydrogen-bond donors (Lipinski definition) is 1. The molecule has 0 radical (unpaired) electrons. The molecule has 1 saturated heterocycles. The van der Waals surface area contributed by atoms with E-state index in [1.54, 1.807) is 13.8 Å². The topological polar surface area (TPSA) is 78.7 Å². The van der Waals surface area contributed by atoms with Gasteiger partial charge in [0.2, 0.25) is 0 Å². The largest absolute Gasteiger partial charge is 0.480 e. The van der Waals surface area contributed by atoms with Gasteiger partial charge in [-0.2, -0.15) is 0 Å². The zero-order valence-corrected chi connectivity index (χ0v) is 26.1. The molecular formula is C33H46N4O3S. The van der Waals surface area contributed by atoms with Gasteiger partial charge in [0.15, 0.2) is 0 Å². The molecule has 1 fully saturated rings. The van der Waals surface area contributed by atoms with Crippen LogP contribution in [0.5, 0.6) is 0 Å². The Labute approximate surface area is 250 Å². The van der Waals surface area contributed by atoms with Crippen LogP contribution in [0, 0.1) is 0 Å². The lowest BCUT2D eigenvalue weighted by Gasteiger charge is -2.34. The summed E-state index contributed by atoms with van der Waals surface area (Å²) in [5.74, 6) is -0.0724. The van der Waals surface area contributed by atoms with Crippen LogP contribution in [0.15, 0.2) is 65.7 Å². The molecule has 0 aliphatic carbocycles. The van der Waals surface area contributed by atoms with E-state index in [1.807, 2.05) is 55.3 Å². The third-order valence-electron chi connectivity index (χ3n) is 7.22. The third-order valence-corrected chi connectivity index (χ3v) is 8.41. The summed E-state index contributed by atoms with van der Waals surface area (Å²) in [4.78, 5) is 35.0. The van der Waals surface area contributed by atoms with E-state index in [4.69, 9.17) is 4.98 Å². The van der Waals surface area contributed by atoms with Crippen molar-refractivity contribution in [2.75, 3.05) is 32.7 Å². The number of hydrogen-bond acceptors (Lipinski definition) is 5. The molecule has 2 heterocycles. The summed E-state index contributed by atoms with van der Waals surface area (Å²) >= 11 is 1.32. The Morgan fingerprint density at radius 1 is 0.927 bits per heavy atom. The van der Waals surface area contributed by atoms with Gasteiger partial charge in [0.25, 0.3) is 5.91 Å². The standard InChI is InChI=1S/C31H40N4O3S.C2H6/c1-4-5-9-17-35-23-27(32-28(35)25-12-14-26(15-13-25)39-31(2,3)30(37)38)29(36)34-21-19-33(20-22-34)18-16-24-10-7-6-8-11-24;1-2/h6-8,10-15,23H,4-5,9,16-22H2,1-3H3,(H,37,38);1-2H3. The first-order chi connectivity index (χ1) is 19.8. The fraction of sp³-hybridized carbons (Fsp3) is 0.485. The van der Waals surface area contributed by atoms with Crippen LogP contribution in [0.1, 0.15) is 69.9 Å². The number of thioether (sulfide) groups is 1. The Morgan fingerprint density at radius 2 is 1.59 bits per heavy atom. The lowest BCUT2D eigenvalue weighted by atomic mass is 10.1. The van der Waals surface area contributed by atoms with E-state index in [0.717, 1.165) is 68.1 Å². The molecule has 0 unspecified atom stereocenters. The van der Waals surface area contributed by atoms with Crippen molar-refractivity contribution in [3.8, 4) is 11.4 Å². The van der Waals surface area contributed by atoms with Crippen LogP contribution >= 0.6 is 11.8 Å². The molecule has 2 aromatic carbocycles. The van der Waals surface area contributed by atoms with E-state index in [9.17, 15) is 14.7 Å². The van der Waals surface area contributed by atoms with E-state index in [0.29, 0.717) is 18.8 Å². The number of aryl methyl sites for hydroxylation is 1. The number of unbranched alkanes of at least 4 members (excludes halogenated alkanes) is 2. The van der Waals surface area contributed by atoms with Crippen molar-refractivity contribution in [3.05, 3.63) is 72.1 Å². The minimum absolute atomic E-state index is 0.0106. The molecule has 0 spiro atoms. The van der Waals surface area contributed by atoms with Crippen LogP contribution in [-0.4, -0.2) is 73.8 Å². The maximum atomic E-state index is 13.5. The molecule has 0 saturated carbocycles. The molecular weight excluding hydrogens is 532 g/mol. The zero-order valence-electron chi connectivity index (χ0n) is 25.3. The van der Waals surface area contributed by atoms with Gasteiger partial charge >= 0.3 is 5.97 Å². The van der Waals surface area contributed by atoms with Gasteiger partial charge in [-0.25, -0.2) is 4.98 Å². The van der Waals surface area contributed by atoms with Gasteiger partial charge in [-0.05, 0) is 44.4 Å². The number of piperazine rings is 1. The van der Waals surface area contributed by atoms with Crippen LogP contribution in [0.25, 0.3) is 11.4 Å². The number of carboxylic acids is 1. The summed E-state index contributed by atoms with van der Waals surface area (Å²) in [5, 5.41) is 9.45. The maximum Gasteiger partial charge on any atom is 0.319 e. The number of benzene rings is 2. The van der Waals surface area contributed by atoms with Crippen molar-refractivity contribution in [1.82, 2.24) is 19.4 Å². The second-order valence-corrected chi connectivity index (χ2v) is 12.4. The molecule has 1 aromatic heterocycles. The molecule has 222 valence electrons. The van der Waals surface area contributed by atoms with Crippen molar-refractivity contribution in [1.29, 1.82) is 0 Å². The quantitative estimate of drug-likeness (QED) is 0.190. The van der Waals surface area contributed by atoms with Crippen molar-refractivity contribution >= 4 is 23.6 Å². The molecule has 1 N–H and O–H groups in total. The van der Waals surface area contributed by atoms with E-state index in [2.05, 4.69) is 40.7 Å². The van der Waals surface area contributed by atoms with Crippen LogP contribution in [0.3, 0.4) is 0 Å². The average molecular weight is 579 g/mol. The minimum atomic E-state index is -0.911. The van der Waals surface area contributed by atoms with Crippen molar-refractivity contribution in [3.63, 3.8) is 0 Å². The summed E-state index contributed by atoms with van der Waals surface area (Å²) in [6.45, 7) is 14.5. The predicted octanol–water partition coefficient (Wildman–Crippen LogP) is 6.72. The minimum Gasteiger partial charge on any atom is -0.480 e. The molecule has 41 heavy (non-hydrogen) atoms. The fourth-order valence-electron chi connectivity index (χ4n) is 4.73. The number of imidazole rings is 1. The number of carbonyl (C=O) groups is 2. The second-order valence-electron chi connectivity index (χ2n) is 10.7. The molecule has 0 atom stereocenters. The molecule has 1 amide bonds. The van der Waals surface area contributed by atoms with Gasteiger partial charge in [-0.1, -0.05) is 76.1 Å². The Hall–Kier alpha value is -3.10. The first kappa shape index (κ1) is 32.4. The van der Waals surface area contributed by atoms with Gasteiger partial charge in [-0.15, -0.1) is 11.8 Å². The van der Waals surface area contributed by atoms with Crippen LogP contribution in [0.2, 0.25) is 0 Å². The summed E-state index contributed by atoms with van der Waals surface area (Å²) in [6, 6.07) is 18.3.